The Bertz CT molecular complexity index is 1020. The molecule has 0 saturated heterocycles. The third-order valence-corrected chi connectivity index (χ3v) is 5.79. The third-order valence-electron chi connectivity index (χ3n) is 5.79. The fourth-order valence-corrected chi connectivity index (χ4v) is 4.55. The van der Waals surface area contributed by atoms with Crippen LogP contribution >= 0.6 is 0 Å². The predicted molar refractivity (Wildman–Crippen MR) is 99.5 cm³/mol. The van der Waals surface area contributed by atoms with E-state index in [9.17, 15) is 9.90 Å². The number of furan rings is 1. The number of hydrogen-bond donors (Lipinski definition) is 2. The van der Waals surface area contributed by atoms with E-state index >= 15 is 0 Å². The fraction of sp³-hybridized carbons (Fsp3) is 0.286. The molecule has 1 aliphatic carbocycles. The molecule has 7 nitrogen and oxygen atoms in total. The smallest absolute Gasteiger partial charge is 0.169 e. The molecule has 5 rings (SSSR count). The van der Waals surface area contributed by atoms with Gasteiger partial charge in [-0.2, -0.15) is 5.10 Å². The Morgan fingerprint density at radius 1 is 1.21 bits per heavy atom. The number of allylic oxidation sites excluding steroid dienone is 1. The molecule has 3 atom stereocenters. The van der Waals surface area contributed by atoms with Crippen LogP contribution in [-0.4, -0.2) is 32.2 Å². The van der Waals surface area contributed by atoms with Gasteiger partial charge >= 0.3 is 0 Å². The summed E-state index contributed by atoms with van der Waals surface area (Å²) in [5.74, 6) is 0.341. The number of rotatable bonds is 3. The first-order valence-electron chi connectivity index (χ1n) is 9.49. The number of aliphatic hydroxyl groups is 1. The molecule has 0 radical (unpaired) electrons. The lowest BCUT2D eigenvalue weighted by Gasteiger charge is -2.34. The topological polar surface area (TPSA) is 97.8 Å². The first-order valence-corrected chi connectivity index (χ1v) is 9.49. The van der Waals surface area contributed by atoms with Crippen LogP contribution in [0.1, 0.15) is 41.3 Å². The number of nitrogens with two attached hydrogens (primary N) is 1. The molecule has 142 valence electrons. The van der Waals surface area contributed by atoms with Crippen molar-refractivity contribution in [2.75, 3.05) is 6.54 Å². The van der Waals surface area contributed by atoms with E-state index in [1.54, 1.807) is 23.3 Å². The molecule has 0 fully saturated rings. The second-order valence-electron chi connectivity index (χ2n) is 7.32. The highest BCUT2D eigenvalue weighted by atomic mass is 16.3. The molecule has 1 aliphatic heterocycles. The molecule has 2 aliphatic rings. The summed E-state index contributed by atoms with van der Waals surface area (Å²) in [5, 5.41) is 17.7. The monoisotopic (exact) mass is 377 g/mol. The van der Waals surface area contributed by atoms with Gasteiger partial charge in [0.1, 0.15) is 36.3 Å². The van der Waals surface area contributed by atoms with Crippen molar-refractivity contribution < 1.29 is 19.6 Å². The van der Waals surface area contributed by atoms with E-state index in [2.05, 4.69) is 21.5 Å². The molecule has 3 N–H and O–H groups in total. The maximum atomic E-state index is 13.2. The van der Waals surface area contributed by atoms with Crippen molar-refractivity contribution in [1.29, 1.82) is 0 Å². The fourth-order valence-electron chi connectivity index (χ4n) is 4.55. The highest BCUT2D eigenvalue weighted by molar-refractivity contribution is 5.98. The van der Waals surface area contributed by atoms with E-state index in [0.717, 1.165) is 18.5 Å². The number of hydrogen-bond acceptors (Lipinski definition) is 5. The molecule has 2 aromatic heterocycles. The summed E-state index contributed by atoms with van der Waals surface area (Å²) < 4.78 is 7.19. The highest BCUT2D eigenvalue weighted by Crippen LogP contribution is 2.44. The van der Waals surface area contributed by atoms with Crippen molar-refractivity contribution in [2.24, 2.45) is 0 Å². The van der Waals surface area contributed by atoms with E-state index in [1.807, 2.05) is 24.3 Å². The van der Waals surface area contributed by atoms with E-state index in [0.29, 0.717) is 11.3 Å². The van der Waals surface area contributed by atoms with Crippen LogP contribution < -0.4 is 5.32 Å². The second kappa shape index (κ2) is 6.76. The summed E-state index contributed by atoms with van der Waals surface area (Å²) in [7, 11) is 0. The van der Waals surface area contributed by atoms with Crippen LogP contribution in [0.4, 0.5) is 0 Å². The molecule has 0 saturated carbocycles. The van der Waals surface area contributed by atoms with Crippen LogP contribution in [-0.2, 0) is 11.2 Å². The van der Waals surface area contributed by atoms with E-state index in [1.165, 1.54) is 11.9 Å². The number of aromatic nitrogens is 3. The summed E-state index contributed by atoms with van der Waals surface area (Å²) >= 11 is 0. The van der Waals surface area contributed by atoms with Crippen LogP contribution in [0.3, 0.4) is 0 Å². The van der Waals surface area contributed by atoms with Gasteiger partial charge in [-0.25, -0.2) is 9.67 Å². The van der Waals surface area contributed by atoms with Gasteiger partial charge in [0.15, 0.2) is 5.78 Å². The van der Waals surface area contributed by atoms with Crippen LogP contribution in [0.5, 0.6) is 0 Å². The lowest BCUT2D eigenvalue weighted by molar-refractivity contribution is -0.690. The summed E-state index contributed by atoms with van der Waals surface area (Å²) in [5.41, 5.74) is 2.79. The number of nitrogens with zero attached hydrogens (tertiary/aromatic N) is 3. The number of benzene rings is 1. The van der Waals surface area contributed by atoms with Crippen LogP contribution in [0.25, 0.3) is 0 Å². The minimum absolute atomic E-state index is 0.0479. The molecular weight excluding hydrogens is 356 g/mol. The molecule has 3 heterocycles. The predicted octanol–water partition coefficient (Wildman–Crippen LogP) is 1.84. The van der Waals surface area contributed by atoms with Gasteiger partial charge in [-0.1, -0.05) is 24.3 Å². The number of aliphatic hydroxyl groups excluding tert-OH is 1. The summed E-state index contributed by atoms with van der Waals surface area (Å²) in [6.07, 6.45) is 5.80. The minimum Gasteiger partial charge on any atom is -0.509 e. The van der Waals surface area contributed by atoms with E-state index in [-0.39, 0.29) is 29.9 Å². The van der Waals surface area contributed by atoms with Gasteiger partial charge in [-0.05, 0) is 17.7 Å². The SMILES string of the molecule is O=C1C[C@H](c2ccco2)[C@H](n2cncn2)C(O)=C1[C@@H]1[NH2+]CCc2ccccc21. The van der Waals surface area contributed by atoms with Gasteiger partial charge in [-0.15, -0.1) is 0 Å². The molecule has 28 heavy (non-hydrogen) atoms. The van der Waals surface area contributed by atoms with E-state index in [4.69, 9.17) is 4.42 Å². The largest absolute Gasteiger partial charge is 0.509 e. The Morgan fingerprint density at radius 3 is 2.89 bits per heavy atom. The zero-order valence-corrected chi connectivity index (χ0v) is 15.2. The molecular formula is C21H21N4O3+. The molecule has 3 aromatic rings. The average Bonchev–Trinajstić information content (AvgIpc) is 3.42. The Balaban J connectivity index is 1.65. The number of ketones is 1. The quantitative estimate of drug-likeness (QED) is 0.726. The molecule has 1 aromatic carbocycles. The maximum absolute atomic E-state index is 13.2. The Morgan fingerprint density at radius 2 is 2.11 bits per heavy atom. The average molecular weight is 377 g/mol. The van der Waals surface area contributed by atoms with Gasteiger partial charge in [0.2, 0.25) is 0 Å². The van der Waals surface area contributed by atoms with E-state index < -0.39 is 6.04 Å². The number of quaternary nitrogens is 1. The Labute approximate surface area is 161 Å². The Hall–Kier alpha value is -3.19. The van der Waals surface area contributed by atoms with Gasteiger partial charge < -0.3 is 14.8 Å². The standard InChI is InChI=1S/C21H20N4O3/c26-16-10-15(17-6-3-9-28-17)20(25-12-22-11-24-25)21(27)18(16)19-14-5-2-1-4-13(14)7-8-23-19/h1-6,9,11-12,15,19-20,23,27H,7-8,10H2/p+1/t15-,19-,20+/m1/s1. The van der Waals surface area contributed by atoms with Crippen molar-refractivity contribution >= 4 is 5.78 Å². The van der Waals surface area contributed by atoms with Crippen molar-refractivity contribution in [3.8, 4) is 0 Å². The normalized spacial score (nSPS) is 25.0. The zero-order valence-electron chi connectivity index (χ0n) is 15.2. The molecule has 0 unspecified atom stereocenters. The van der Waals surface area contributed by atoms with Crippen molar-refractivity contribution in [3.63, 3.8) is 0 Å². The van der Waals surface area contributed by atoms with Crippen LogP contribution in [0.2, 0.25) is 0 Å². The van der Waals surface area contributed by atoms with Crippen LogP contribution in [0, 0.1) is 0 Å². The van der Waals surface area contributed by atoms with Gasteiger partial charge in [0.25, 0.3) is 0 Å². The van der Waals surface area contributed by atoms with Gasteiger partial charge in [-0.3, -0.25) is 4.79 Å². The zero-order chi connectivity index (χ0) is 19.1. The number of fused-ring (bicyclic) bond motifs is 1. The highest BCUT2D eigenvalue weighted by Gasteiger charge is 2.45. The van der Waals surface area contributed by atoms with Crippen molar-refractivity contribution in [1.82, 2.24) is 14.8 Å². The number of carbonyl (C=O) groups is 1. The Kier molecular flexibility index (Phi) is 4.09. The molecule has 0 spiro atoms. The lowest BCUT2D eigenvalue weighted by atomic mass is 9.76. The lowest BCUT2D eigenvalue weighted by Crippen LogP contribution is -2.88. The van der Waals surface area contributed by atoms with Crippen molar-refractivity contribution in [3.05, 3.63) is 83.5 Å². The van der Waals surface area contributed by atoms with Gasteiger partial charge in [0, 0.05) is 18.4 Å². The maximum Gasteiger partial charge on any atom is 0.169 e. The molecule has 7 heteroatoms. The van der Waals surface area contributed by atoms with Gasteiger partial charge in [0.05, 0.1) is 24.3 Å². The summed E-state index contributed by atoms with van der Waals surface area (Å²) in [6.45, 7) is 0.876. The number of carbonyl (C=O) groups excluding carboxylic acids is 1. The van der Waals surface area contributed by atoms with Crippen LogP contribution in [0.15, 0.2) is 71.1 Å². The first kappa shape index (κ1) is 16.9. The minimum atomic E-state index is -0.524. The second-order valence-corrected chi connectivity index (χ2v) is 7.32. The molecule has 0 amide bonds. The van der Waals surface area contributed by atoms with Crippen molar-refractivity contribution in [2.45, 2.75) is 30.8 Å². The molecule has 0 bridgehead atoms. The number of Topliss-reactive ketones (excluding diaryl/α,β-unsaturated/α-hetero) is 1. The summed E-state index contributed by atoms with van der Waals surface area (Å²) in [6, 6.07) is 11.0. The first-order chi connectivity index (χ1) is 13.7. The summed E-state index contributed by atoms with van der Waals surface area (Å²) in [4.78, 5) is 17.2. The third kappa shape index (κ3) is 2.66.